The molecule has 1 aromatic carbocycles. The van der Waals surface area contributed by atoms with Crippen LogP contribution in [0.3, 0.4) is 0 Å². The summed E-state index contributed by atoms with van der Waals surface area (Å²) in [6.07, 6.45) is 0.657. The molecular weight excluding hydrogens is 232 g/mol. The van der Waals surface area contributed by atoms with E-state index in [0.717, 1.165) is 11.3 Å². The van der Waals surface area contributed by atoms with Crippen LogP contribution in [0.1, 0.15) is 11.3 Å². The number of ether oxygens (including phenoxy) is 1. The van der Waals surface area contributed by atoms with Gasteiger partial charge < -0.3 is 14.8 Å². The number of nitrogens with zero attached hydrogens (tertiary/aromatic N) is 1. The lowest BCUT2D eigenvalue weighted by Gasteiger charge is -2.15. The van der Waals surface area contributed by atoms with E-state index in [1.54, 1.807) is 24.3 Å². The van der Waals surface area contributed by atoms with Crippen LogP contribution in [0.15, 0.2) is 29.1 Å². The molecule has 1 aliphatic heterocycles. The zero-order chi connectivity index (χ0) is 12.5. The Kier molecular flexibility index (Phi) is 2.60. The lowest BCUT2D eigenvalue weighted by molar-refractivity contribution is 0.108. The molecule has 0 amide bonds. The fourth-order valence-electron chi connectivity index (χ4n) is 2.00. The molecule has 5 nitrogen and oxygen atoms in total. The number of aromatic nitrogens is 2. The predicted octanol–water partition coefficient (Wildman–Crippen LogP) is 1.22. The Morgan fingerprint density at radius 2 is 2.06 bits per heavy atom. The minimum absolute atomic E-state index is 0.150. The van der Waals surface area contributed by atoms with Gasteiger partial charge in [0.05, 0.1) is 24.5 Å². The van der Waals surface area contributed by atoms with Crippen LogP contribution in [0.25, 0.3) is 11.4 Å². The predicted molar refractivity (Wildman–Crippen MR) is 65.3 cm³/mol. The van der Waals surface area contributed by atoms with Crippen LogP contribution in [0, 0.1) is 0 Å². The number of hydrogen-bond acceptors (Lipinski definition) is 4. The lowest BCUT2D eigenvalue weighted by Crippen LogP contribution is -2.24. The number of phenolic OH excluding ortho intramolecular Hbond substituents is 1. The van der Waals surface area contributed by atoms with Gasteiger partial charge >= 0.3 is 0 Å². The molecule has 0 spiro atoms. The highest BCUT2D eigenvalue weighted by Crippen LogP contribution is 2.19. The molecule has 0 saturated heterocycles. The zero-order valence-electron chi connectivity index (χ0n) is 9.64. The van der Waals surface area contributed by atoms with Crippen LogP contribution < -0.4 is 5.56 Å². The molecule has 1 aromatic heterocycles. The van der Waals surface area contributed by atoms with Crippen molar-refractivity contribution in [1.29, 1.82) is 0 Å². The van der Waals surface area contributed by atoms with Crippen LogP contribution >= 0.6 is 0 Å². The Morgan fingerprint density at radius 1 is 1.28 bits per heavy atom. The summed E-state index contributed by atoms with van der Waals surface area (Å²) in [6, 6.07) is 6.58. The first-order chi connectivity index (χ1) is 8.74. The summed E-state index contributed by atoms with van der Waals surface area (Å²) in [5.41, 5.74) is 2.04. The number of phenols is 1. The summed E-state index contributed by atoms with van der Waals surface area (Å²) in [5.74, 6) is 0.716. The number of aromatic amines is 1. The summed E-state index contributed by atoms with van der Waals surface area (Å²) in [5, 5.41) is 9.24. The first kappa shape index (κ1) is 11.0. The topological polar surface area (TPSA) is 75.2 Å². The summed E-state index contributed by atoms with van der Waals surface area (Å²) in [4.78, 5) is 19.1. The highest BCUT2D eigenvalue weighted by Gasteiger charge is 2.16. The fourth-order valence-corrected chi connectivity index (χ4v) is 2.00. The van der Waals surface area contributed by atoms with Gasteiger partial charge in [0.15, 0.2) is 0 Å². The van der Waals surface area contributed by atoms with Crippen LogP contribution in [0.5, 0.6) is 5.75 Å². The van der Waals surface area contributed by atoms with E-state index in [0.29, 0.717) is 31.0 Å². The summed E-state index contributed by atoms with van der Waals surface area (Å²) < 4.78 is 5.25. The Hall–Kier alpha value is -2.14. The van der Waals surface area contributed by atoms with Gasteiger partial charge in [-0.3, -0.25) is 4.79 Å². The van der Waals surface area contributed by atoms with E-state index in [4.69, 9.17) is 4.74 Å². The number of aromatic hydroxyl groups is 1. The highest BCUT2D eigenvalue weighted by molar-refractivity contribution is 5.56. The van der Waals surface area contributed by atoms with Crippen molar-refractivity contribution in [2.75, 3.05) is 6.61 Å². The molecule has 0 saturated carbocycles. The van der Waals surface area contributed by atoms with E-state index < -0.39 is 0 Å². The third-order valence-corrected chi connectivity index (χ3v) is 2.97. The first-order valence-electron chi connectivity index (χ1n) is 5.73. The monoisotopic (exact) mass is 244 g/mol. The summed E-state index contributed by atoms with van der Waals surface area (Å²) >= 11 is 0. The van der Waals surface area contributed by atoms with Gasteiger partial charge in [-0.1, -0.05) is 0 Å². The maximum absolute atomic E-state index is 11.9. The molecule has 0 radical (unpaired) electrons. The summed E-state index contributed by atoms with van der Waals surface area (Å²) in [7, 11) is 0. The fraction of sp³-hybridized carbons (Fsp3) is 0.231. The van der Waals surface area contributed by atoms with E-state index >= 15 is 0 Å². The Bertz CT molecular complexity index is 632. The Balaban J connectivity index is 2.11. The van der Waals surface area contributed by atoms with Gasteiger partial charge in [-0.2, -0.15) is 0 Å². The van der Waals surface area contributed by atoms with Crippen LogP contribution in [0.4, 0.5) is 0 Å². The van der Waals surface area contributed by atoms with E-state index in [2.05, 4.69) is 9.97 Å². The second-order valence-electron chi connectivity index (χ2n) is 4.19. The van der Waals surface area contributed by atoms with Gasteiger partial charge in [-0.05, 0) is 24.3 Å². The van der Waals surface area contributed by atoms with Crippen molar-refractivity contribution >= 4 is 0 Å². The van der Waals surface area contributed by atoms with Crippen molar-refractivity contribution in [2.45, 2.75) is 13.0 Å². The molecule has 0 unspecified atom stereocenters. The quantitative estimate of drug-likeness (QED) is 0.790. The SMILES string of the molecule is O=c1[nH]c(-c2ccc(O)cc2)nc2c1COCC2. The average molecular weight is 244 g/mol. The third-order valence-electron chi connectivity index (χ3n) is 2.97. The van der Waals surface area contributed by atoms with Crippen molar-refractivity contribution in [3.8, 4) is 17.1 Å². The van der Waals surface area contributed by atoms with Gasteiger partial charge in [0.2, 0.25) is 0 Å². The summed E-state index contributed by atoms with van der Waals surface area (Å²) in [6.45, 7) is 0.923. The van der Waals surface area contributed by atoms with Gasteiger partial charge in [0, 0.05) is 12.0 Å². The number of fused-ring (bicyclic) bond motifs is 1. The molecule has 0 fully saturated rings. The number of benzene rings is 1. The molecule has 0 bridgehead atoms. The largest absolute Gasteiger partial charge is 0.508 e. The smallest absolute Gasteiger partial charge is 0.256 e. The highest BCUT2D eigenvalue weighted by atomic mass is 16.5. The normalized spacial score (nSPS) is 14.2. The third kappa shape index (κ3) is 1.89. The van der Waals surface area contributed by atoms with Gasteiger partial charge in [0.1, 0.15) is 11.6 Å². The molecular formula is C13H12N2O3. The molecule has 0 aliphatic carbocycles. The standard InChI is InChI=1S/C13H12N2O3/c16-9-3-1-8(2-4-9)12-14-11-5-6-18-7-10(11)13(17)15-12/h1-4,16H,5-7H2,(H,14,15,17). The number of hydrogen-bond donors (Lipinski definition) is 2. The van der Waals surface area contributed by atoms with Gasteiger partial charge in [0.25, 0.3) is 5.56 Å². The molecule has 2 aromatic rings. The second-order valence-corrected chi connectivity index (χ2v) is 4.19. The maximum Gasteiger partial charge on any atom is 0.256 e. The van der Waals surface area contributed by atoms with Crippen molar-refractivity contribution in [3.05, 3.63) is 45.9 Å². The van der Waals surface area contributed by atoms with Crippen molar-refractivity contribution in [3.63, 3.8) is 0 Å². The van der Waals surface area contributed by atoms with Crippen LogP contribution in [-0.4, -0.2) is 21.7 Å². The molecule has 0 atom stereocenters. The molecule has 2 N–H and O–H groups in total. The van der Waals surface area contributed by atoms with E-state index in [-0.39, 0.29) is 11.3 Å². The van der Waals surface area contributed by atoms with Crippen LogP contribution in [-0.2, 0) is 17.8 Å². The molecule has 1 aliphatic rings. The molecule has 18 heavy (non-hydrogen) atoms. The minimum Gasteiger partial charge on any atom is -0.508 e. The zero-order valence-corrected chi connectivity index (χ0v) is 9.64. The minimum atomic E-state index is -0.150. The molecule has 92 valence electrons. The lowest BCUT2D eigenvalue weighted by atomic mass is 10.1. The second kappa shape index (κ2) is 4.27. The van der Waals surface area contributed by atoms with Crippen molar-refractivity contribution < 1.29 is 9.84 Å². The number of rotatable bonds is 1. The number of nitrogens with one attached hydrogen (secondary N) is 1. The molecule has 2 heterocycles. The van der Waals surface area contributed by atoms with Gasteiger partial charge in [-0.15, -0.1) is 0 Å². The van der Waals surface area contributed by atoms with E-state index in [1.165, 1.54) is 0 Å². The first-order valence-corrected chi connectivity index (χ1v) is 5.73. The maximum atomic E-state index is 11.9. The average Bonchev–Trinajstić information content (AvgIpc) is 2.39. The van der Waals surface area contributed by atoms with E-state index in [1.807, 2.05) is 0 Å². The number of H-pyrrole nitrogens is 1. The van der Waals surface area contributed by atoms with Crippen LogP contribution in [0.2, 0.25) is 0 Å². The van der Waals surface area contributed by atoms with Crippen molar-refractivity contribution in [2.24, 2.45) is 0 Å². The van der Waals surface area contributed by atoms with Crippen molar-refractivity contribution in [1.82, 2.24) is 9.97 Å². The van der Waals surface area contributed by atoms with E-state index in [9.17, 15) is 9.90 Å². The Labute approximate surface area is 103 Å². The Morgan fingerprint density at radius 3 is 2.83 bits per heavy atom. The molecule has 3 rings (SSSR count). The van der Waals surface area contributed by atoms with Gasteiger partial charge in [-0.25, -0.2) is 4.98 Å². The molecule has 5 heteroatoms.